The fraction of sp³-hybridized carbons (Fsp3) is 0.500. The zero-order valence-electron chi connectivity index (χ0n) is 15.0. The molecule has 1 amide bonds. The summed E-state index contributed by atoms with van der Waals surface area (Å²) in [6, 6.07) is 4.49. The van der Waals surface area contributed by atoms with Gasteiger partial charge in [0.1, 0.15) is 12.2 Å². The second-order valence-corrected chi connectivity index (χ2v) is 6.89. The lowest BCUT2D eigenvalue weighted by molar-refractivity contribution is -0.137. The average Bonchev–Trinajstić information content (AvgIpc) is 3.04. The Bertz CT molecular complexity index is 789. The average molecular weight is 381 g/mol. The third-order valence-corrected chi connectivity index (χ3v) is 4.78. The number of rotatable bonds is 5. The summed E-state index contributed by atoms with van der Waals surface area (Å²) in [6.45, 7) is 2.87. The molecule has 1 unspecified atom stereocenters. The van der Waals surface area contributed by atoms with Crippen LogP contribution in [-0.2, 0) is 19.8 Å². The molecule has 1 N–H and O–H groups in total. The normalized spacial score (nSPS) is 18.4. The van der Waals surface area contributed by atoms with Crippen LogP contribution < -0.4 is 5.32 Å². The molecule has 1 aromatic heterocycles. The number of piperidine rings is 1. The first-order chi connectivity index (χ1) is 12.8. The molecule has 1 fully saturated rings. The van der Waals surface area contributed by atoms with Gasteiger partial charge in [-0.3, -0.25) is 9.69 Å². The highest BCUT2D eigenvalue weighted by Gasteiger charge is 2.31. The molecule has 0 radical (unpaired) electrons. The standard InChI is InChI=1S/C18H22F3N5O/c1-25-12-23-24-16(25)11-26-7-3-4-13(10-26)9-22-17(27)14-5-2-6-15(8-14)18(19,20)21/h2,5-6,8,12-13H,3-4,7,9-11H2,1H3,(H,22,27). The zero-order chi connectivity index (χ0) is 19.4. The van der Waals surface area contributed by atoms with E-state index in [2.05, 4.69) is 20.4 Å². The van der Waals surface area contributed by atoms with Crippen molar-refractivity contribution in [3.05, 3.63) is 47.5 Å². The molecule has 1 aliphatic rings. The monoisotopic (exact) mass is 381 g/mol. The molecule has 0 saturated carbocycles. The van der Waals surface area contributed by atoms with E-state index in [-0.39, 0.29) is 11.5 Å². The van der Waals surface area contributed by atoms with Gasteiger partial charge in [0.05, 0.1) is 12.1 Å². The van der Waals surface area contributed by atoms with E-state index in [1.807, 2.05) is 11.6 Å². The van der Waals surface area contributed by atoms with Crippen LogP contribution in [0.15, 0.2) is 30.6 Å². The van der Waals surface area contributed by atoms with Crippen LogP contribution in [0.25, 0.3) is 0 Å². The molecule has 1 atom stereocenters. The molecule has 2 heterocycles. The Morgan fingerprint density at radius 2 is 2.19 bits per heavy atom. The number of benzene rings is 1. The topological polar surface area (TPSA) is 63.1 Å². The van der Waals surface area contributed by atoms with E-state index in [4.69, 9.17) is 0 Å². The molecule has 3 rings (SSSR count). The number of nitrogens with one attached hydrogen (secondary N) is 1. The Kier molecular flexibility index (Phi) is 5.79. The third-order valence-electron chi connectivity index (χ3n) is 4.78. The van der Waals surface area contributed by atoms with E-state index in [1.54, 1.807) is 6.33 Å². The summed E-state index contributed by atoms with van der Waals surface area (Å²) in [6.07, 6.45) is -0.827. The third kappa shape index (κ3) is 5.06. The van der Waals surface area contributed by atoms with Gasteiger partial charge in [-0.05, 0) is 43.5 Å². The number of aromatic nitrogens is 3. The largest absolute Gasteiger partial charge is 0.416 e. The smallest absolute Gasteiger partial charge is 0.352 e. The molecular formula is C18H22F3N5O. The highest BCUT2D eigenvalue weighted by atomic mass is 19.4. The summed E-state index contributed by atoms with van der Waals surface area (Å²) < 4.78 is 40.2. The van der Waals surface area contributed by atoms with Crippen LogP contribution in [0.3, 0.4) is 0 Å². The first kappa shape index (κ1) is 19.3. The van der Waals surface area contributed by atoms with Crippen molar-refractivity contribution in [3.63, 3.8) is 0 Å². The van der Waals surface area contributed by atoms with Gasteiger partial charge in [0.15, 0.2) is 0 Å². The van der Waals surface area contributed by atoms with E-state index in [9.17, 15) is 18.0 Å². The molecular weight excluding hydrogens is 359 g/mol. The molecule has 146 valence electrons. The summed E-state index contributed by atoms with van der Waals surface area (Å²) in [7, 11) is 1.89. The molecule has 27 heavy (non-hydrogen) atoms. The Morgan fingerprint density at radius 3 is 2.89 bits per heavy atom. The Hall–Kier alpha value is -2.42. The first-order valence-electron chi connectivity index (χ1n) is 8.83. The van der Waals surface area contributed by atoms with Crippen LogP contribution >= 0.6 is 0 Å². The maximum atomic E-state index is 12.8. The second kappa shape index (κ2) is 8.08. The second-order valence-electron chi connectivity index (χ2n) is 6.89. The Balaban J connectivity index is 1.53. The van der Waals surface area contributed by atoms with Crippen molar-refractivity contribution in [3.8, 4) is 0 Å². The van der Waals surface area contributed by atoms with Crippen LogP contribution in [0.1, 0.15) is 34.6 Å². The van der Waals surface area contributed by atoms with Gasteiger partial charge < -0.3 is 9.88 Å². The highest BCUT2D eigenvalue weighted by molar-refractivity contribution is 5.94. The van der Waals surface area contributed by atoms with Crippen molar-refractivity contribution in [2.75, 3.05) is 19.6 Å². The Labute approximate surface area is 155 Å². The first-order valence-corrected chi connectivity index (χ1v) is 8.83. The zero-order valence-corrected chi connectivity index (χ0v) is 15.0. The van der Waals surface area contributed by atoms with E-state index < -0.39 is 17.6 Å². The maximum absolute atomic E-state index is 12.8. The Morgan fingerprint density at radius 1 is 1.37 bits per heavy atom. The molecule has 0 bridgehead atoms. The van der Waals surface area contributed by atoms with Gasteiger partial charge >= 0.3 is 6.18 Å². The summed E-state index contributed by atoms with van der Waals surface area (Å²) in [5.41, 5.74) is -0.792. The predicted molar refractivity (Wildman–Crippen MR) is 92.8 cm³/mol. The van der Waals surface area contributed by atoms with Crippen molar-refractivity contribution in [1.82, 2.24) is 25.0 Å². The SMILES string of the molecule is Cn1cnnc1CN1CCCC(CNC(=O)c2cccc(C(F)(F)F)c2)C1. The van der Waals surface area contributed by atoms with Crippen molar-refractivity contribution in [2.45, 2.75) is 25.6 Å². The van der Waals surface area contributed by atoms with Gasteiger partial charge in [-0.15, -0.1) is 10.2 Å². The number of hydrogen-bond acceptors (Lipinski definition) is 4. The molecule has 9 heteroatoms. The van der Waals surface area contributed by atoms with Crippen LogP contribution in [-0.4, -0.2) is 45.2 Å². The van der Waals surface area contributed by atoms with E-state index >= 15 is 0 Å². The molecule has 6 nitrogen and oxygen atoms in total. The van der Waals surface area contributed by atoms with Crippen molar-refractivity contribution < 1.29 is 18.0 Å². The summed E-state index contributed by atoms with van der Waals surface area (Å²) in [5, 5.41) is 10.7. The number of likely N-dealkylation sites (tertiary alicyclic amines) is 1. The minimum atomic E-state index is -4.46. The summed E-state index contributed by atoms with van der Waals surface area (Å²) in [4.78, 5) is 14.5. The lowest BCUT2D eigenvalue weighted by Crippen LogP contribution is -2.41. The van der Waals surface area contributed by atoms with Gasteiger partial charge in [0.2, 0.25) is 0 Å². The van der Waals surface area contributed by atoms with Gasteiger partial charge in [0.25, 0.3) is 5.91 Å². The molecule has 2 aromatic rings. The predicted octanol–water partition coefficient (Wildman–Crippen LogP) is 2.48. The molecule has 1 aliphatic heterocycles. The molecule has 1 aromatic carbocycles. The number of amides is 1. The number of carbonyl (C=O) groups is 1. The molecule has 1 saturated heterocycles. The van der Waals surface area contributed by atoms with Gasteiger partial charge in [0, 0.05) is 25.7 Å². The van der Waals surface area contributed by atoms with Gasteiger partial charge in [-0.25, -0.2) is 0 Å². The summed E-state index contributed by atoms with van der Waals surface area (Å²) in [5.74, 6) is 0.650. The van der Waals surface area contributed by atoms with E-state index in [0.29, 0.717) is 13.1 Å². The fourth-order valence-corrected chi connectivity index (χ4v) is 3.29. The van der Waals surface area contributed by atoms with Crippen molar-refractivity contribution in [2.24, 2.45) is 13.0 Å². The minimum Gasteiger partial charge on any atom is -0.352 e. The van der Waals surface area contributed by atoms with Gasteiger partial charge in [-0.2, -0.15) is 13.2 Å². The minimum absolute atomic E-state index is 0.0246. The number of nitrogens with zero attached hydrogens (tertiary/aromatic N) is 4. The van der Waals surface area contributed by atoms with Crippen molar-refractivity contribution in [1.29, 1.82) is 0 Å². The highest BCUT2D eigenvalue weighted by Crippen LogP contribution is 2.29. The summed E-state index contributed by atoms with van der Waals surface area (Å²) >= 11 is 0. The lowest BCUT2D eigenvalue weighted by Gasteiger charge is -2.32. The maximum Gasteiger partial charge on any atom is 0.416 e. The van der Waals surface area contributed by atoms with Gasteiger partial charge in [-0.1, -0.05) is 6.07 Å². The quantitative estimate of drug-likeness (QED) is 0.864. The molecule has 0 aliphatic carbocycles. The lowest BCUT2D eigenvalue weighted by atomic mass is 9.97. The van der Waals surface area contributed by atoms with E-state index in [0.717, 1.165) is 43.9 Å². The van der Waals surface area contributed by atoms with Crippen LogP contribution in [0.2, 0.25) is 0 Å². The number of alkyl halides is 3. The van der Waals surface area contributed by atoms with Crippen LogP contribution in [0.5, 0.6) is 0 Å². The number of halogens is 3. The van der Waals surface area contributed by atoms with Crippen LogP contribution in [0.4, 0.5) is 13.2 Å². The van der Waals surface area contributed by atoms with Crippen molar-refractivity contribution >= 4 is 5.91 Å². The number of aryl methyl sites for hydroxylation is 1. The number of carbonyl (C=O) groups excluding carboxylic acids is 1. The number of hydrogen-bond donors (Lipinski definition) is 1. The van der Waals surface area contributed by atoms with Crippen LogP contribution in [0, 0.1) is 5.92 Å². The fourth-order valence-electron chi connectivity index (χ4n) is 3.29. The van der Waals surface area contributed by atoms with E-state index in [1.165, 1.54) is 12.1 Å². The molecule has 0 spiro atoms.